The fraction of sp³-hybridized carbons (Fsp3) is 0.667. The Balaban J connectivity index is 2.16. The largest absolute Gasteiger partial charge is 0.297 e. The Morgan fingerprint density at radius 1 is 1.33 bits per heavy atom. The first-order valence-electron chi connectivity index (χ1n) is 7.03. The SMILES string of the molecule is CCN(CC)C1(C(=O)Cc2cccs2)CCCC1. The zero-order valence-corrected chi connectivity index (χ0v) is 12.3. The van der Waals surface area contributed by atoms with Crippen molar-refractivity contribution in [1.29, 1.82) is 0 Å². The molecule has 1 aromatic heterocycles. The number of carbonyl (C=O) groups is 1. The highest BCUT2D eigenvalue weighted by Gasteiger charge is 2.44. The van der Waals surface area contributed by atoms with Gasteiger partial charge in [0.2, 0.25) is 0 Å². The monoisotopic (exact) mass is 265 g/mol. The van der Waals surface area contributed by atoms with Gasteiger partial charge in [-0.25, -0.2) is 0 Å². The van der Waals surface area contributed by atoms with Crippen molar-refractivity contribution in [3.8, 4) is 0 Å². The molecule has 0 aliphatic heterocycles. The molecule has 1 aromatic rings. The van der Waals surface area contributed by atoms with Crippen molar-refractivity contribution in [2.45, 2.75) is 51.5 Å². The summed E-state index contributed by atoms with van der Waals surface area (Å²) in [5.74, 6) is 0.436. The molecule has 18 heavy (non-hydrogen) atoms. The summed E-state index contributed by atoms with van der Waals surface area (Å²) < 4.78 is 0. The van der Waals surface area contributed by atoms with Crippen LogP contribution >= 0.6 is 11.3 Å². The van der Waals surface area contributed by atoms with Crippen LogP contribution in [0.25, 0.3) is 0 Å². The van der Waals surface area contributed by atoms with E-state index in [9.17, 15) is 4.79 Å². The number of nitrogens with zero attached hydrogens (tertiary/aromatic N) is 1. The van der Waals surface area contributed by atoms with Crippen molar-refractivity contribution in [3.63, 3.8) is 0 Å². The Morgan fingerprint density at radius 2 is 2.00 bits per heavy atom. The molecule has 0 unspecified atom stereocenters. The molecule has 0 N–H and O–H groups in total. The van der Waals surface area contributed by atoms with Crippen LogP contribution in [0.15, 0.2) is 17.5 Å². The van der Waals surface area contributed by atoms with Gasteiger partial charge in [-0.3, -0.25) is 9.69 Å². The van der Waals surface area contributed by atoms with Crippen molar-refractivity contribution < 1.29 is 4.79 Å². The first-order valence-corrected chi connectivity index (χ1v) is 7.91. The van der Waals surface area contributed by atoms with Gasteiger partial charge in [-0.1, -0.05) is 32.8 Å². The third-order valence-electron chi connectivity index (χ3n) is 4.23. The number of hydrogen-bond donors (Lipinski definition) is 0. The summed E-state index contributed by atoms with van der Waals surface area (Å²) in [7, 11) is 0. The molecule has 1 fully saturated rings. The van der Waals surface area contributed by atoms with Crippen LogP contribution in [-0.2, 0) is 11.2 Å². The van der Waals surface area contributed by atoms with Gasteiger partial charge in [-0.05, 0) is 37.4 Å². The molecule has 0 amide bonds. The normalized spacial score (nSPS) is 18.4. The summed E-state index contributed by atoms with van der Waals surface area (Å²) >= 11 is 1.70. The number of Topliss-reactive ketones (excluding diaryl/α,β-unsaturated/α-hetero) is 1. The molecule has 0 radical (unpaired) electrons. The molecule has 2 rings (SSSR count). The summed E-state index contributed by atoms with van der Waals surface area (Å²) in [5.41, 5.74) is -0.159. The Bertz CT molecular complexity index is 375. The van der Waals surface area contributed by atoms with Gasteiger partial charge in [0.1, 0.15) is 0 Å². The highest BCUT2D eigenvalue weighted by Crippen LogP contribution is 2.37. The van der Waals surface area contributed by atoms with Gasteiger partial charge in [0, 0.05) is 11.3 Å². The summed E-state index contributed by atoms with van der Waals surface area (Å²) in [6, 6.07) is 4.11. The van der Waals surface area contributed by atoms with Crippen molar-refractivity contribution in [1.82, 2.24) is 4.90 Å². The summed E-state index contributed by atoms with van der Waals surface area (Å²) in [6.07, 6.45) is 5.13. The van der Waals surface area contributed by atoms with E-state index < -0.39 is 0 Å². The first-order chi connectivity index (χ1) is 8.73. The smallest absolute Gasteiger partial charge is 0.158 e. The predicted molar refractivity (Wildman–Crippen MR) is 77.2 cm³/mol. The molecule has 0 spiro atoms. The number of likely N-dealkylation sites (N-methyl/N-ethyl adjacent to an activating group) is 1. The van der Waals surface area contributed by atoms with Crippen LogP contribution in [0.2, 0.25) is 0 Å². The lowest BCUT2D eigenvalue weighted by Crippen LogP contribution is -2.53. The van der Waals surface area contributed by atoms with E-state index in [1.165, 1.54) is 17.7 Å². The van der Waals surface area contributed by atoms with Crippen LogP contribution in [-0.4, -0.2) is 29.3 Å². The first kappa shape index (κ1) is 13.8. The fourth-order valence-corrected chi connectivity index (χ4v) is 4.00. The van der Waals surface area contributed by atoms with Gasteiger partial charge in [0.05, 0.1) is 5.54 Å². The third kappa shape index (κ3) is 2.52. The molecular weight excluding hydrogens is 242 g/mol. The van der Waals surface area contributed by atoms with Crippen molar-refractivity contribution in [2.75, 3.05) is 13.1 Å². The van der Waals surface area contributed by atoms with Gasteiger partial charge in [-0.2, -0.15) is 0 Å². The standard InChI is InChI=1S/C15H23NOS/c1-3-16(4-2)15(9-5-6-10-15)14(17)12-13-8-7-11-18-13/h7-8,11H,3-6,9-10,12H2,1-2H3. The highest BCUT2D eigenvalue weighted by molar-refractivity contribution is 7.10. The van der Waals surface area contributed by atoms with E-state index in [-0.39, 0.29) is 5.54 Å². The highest BCUT2D eigenvalue weighted by atomic mass is 32.1. The average Bonchev–Trinajstić information content (AvgIpc) is 3.02. The van der Waals surface area contributed by atoms with Gasteiger partial charge in [0.15, 0.2) is 5.78 Å². The van der Waals surface area contributed by atoms with Crippen LogP contribution in [0.1, 0.15) is 44.4 Å². The van der Waals surface area contributed by atoms with Crippen LogP contribution < -0.4 is 0 Å². The molecule has 100 valence electrons. The minimum Gasteiger partial charge on any atom is -0.297 e. The predicted octanol–water partition coefficient (Wildman–Crippen LogP) is 3.51. The molecule has 1 saturated carbocycles. The zero-order valence-electron chi connectivity index (χ0n) is 11.4. The van der Waals surface area contributed by atoms with Gasteiger partial charge in [-0.15, -0.1) is 11.3 Å². The second-order valence-electron chi connectivity index (χ2n) is 5.09. The maximum absolute atomic E-state index is 12.8. The number of rotatable bonds is 6. The second kappa shape index (κ2) is 5.98. The van der Waals surface area contributed by atoms with Gasteiger partial charge >= 0.3 is 0 Å². The number of carbonyl (C=O) groups excluding carboxylic acids is 1. The lowest BCUT2D eigenvalue weighted by atomic mass is 9.87. The summed E-state index contributed by atoms with van der Waals surface area (Å²) in [6.45, 7) is 6.29. The zero-order chi connectivity index (χ0) is 13.0. The Kier molecular flexibility index (Phi) is 4.57. The van der Waals surface area contributed by atoms with E-state index in [0.717, 1.165) is 25.9 Å². The summed E-state index contributed by atoms with van der Waals surface area (Å²) in [5, 5.41) is 2.06. The van der Waals surface area contributed by atoms with E-state index in [1.54, 1.807) is 11.3 Å². The van der Waals surface area contributed by atoms with E-state index in [2.05, 4.69) is 30.2 Å². The maximum atomic E-state index is 12.8. The third-order valence-corrected chi connectivity index (χ3v) is 5.11. The molecule has 0 atom stereocenters. The van der Waals surface area contributed by atoms with E-state index in [0.29, 0.717) is 12.2 Å². The minimum absolute atomic E-state index is 0.159. The van der Waals surface area contributed by atoms with Crippen LogP contribution in [0.4, 0.5) is 0 Å². The van der Waals surface area contributed by atoms with Crippen LogP contribution in [0.3, 0.4) is 0 Å². The molecule has 1 aliphatic carbocycles. The molecule has 2 nitrogen and oxygen atoms in total. The van der Waals surface area contributed by atoms with Crippen molar-refractivity contribution in [2.24, 2.45) is 0 Å². The molecule has 1 aliphatic rings. The van der Waals surface area contributed by atoms with Crippen LogP contribution in [0, 0.1) is 0 Å². The molecule has 0 saturated heterocycles. The number of hydrogen-bond acceptors (Lipinski definition) is 3. The van der Waals surface area contributed by atoms with Gasteiger partial charge < -0.3 is 0 Å². The quantitative estimate of drug-likeness (QED) is 0.784. The molecule has 0 bridgehead atoms. The lowest BCUT2D eigenvalue weighted by Gasteiger charge is -2.39. The van der Waals surface area contributed by atoms with E-state index in [4.69, 9.17) is 0 Å². The molecule has 0 aromatic carbocycles. The lowest BCUT2D eigenvalue weighted by molar-refractivity contribution is -0.130. The molecule has 1 heterocycles. The van der Waals surface area contributed by atoms with Crippen molar-refractivity contribution in [3.05, 3.63) is 22.4 Å². The van der Waals surface area contributed by atoms with Gasteiger partial charge in [0.25, 0.3) is 0 Å². The average molecular weight is 265 g/mol. The molecular formula is C15H23NOS. The van der Waals surface area contributed by atoms with E-state index >= 15 is 0 Å². The maximum Gasteiger partial charge on any atom is 0.158 e. The Morgan fingerprint density at radius 3 is 2.50 bits per heavy atom. The minimum atomic E-state index is -0.159. The topological polar surface area (TPSA) is 20.3 Å². The van der Waals surface area contributed by atoms with E-state index in [1.807, 2.05) is 6.07 Å². The molecule has 3 heteroatoms. The summed E-state index contributed by atoms with van der Waals surface area (Å²) in [4.78, 5) is 16.4. The Hall–Kier alpha value is -0.670. The number of ketones is 1. The second-order valence-corrected chi connectivity index (χ2v) is 6.12. The Labute approximate surface area is 114 Å². The number of thiophene rings is 1. The van der Waals surface area contributed by atoms with Crippen LogP contribution in [0.5, 0.6) is 0 Å². The fourth-order valence-electron chi connectivity index (χ4n) is 3.30. The van der Waals surface area contributed by atoms with Crippen molar-refractivity contribution >= 4 is 17.1 Å².